The molecule has 0 spiro atoms. The molecule has 2 aromatic carbocycles. The zero-order valence-corrected chi connectivity index (χ0v) is 12.6. The van der Waals surface area contributed by atoms with Crippen molar-refractivity contribution in [2.75, 3.05) is 0 Å². The van der Waals surface area contributed by atoms with Gasteiger partial charge in [-0.05, 0) is 35.1 Å². The van der Waals surface area contributed by atoms with Gasteiger partial charge in [-0.1, -0.05) is 62.4 Å². The molecule has 1 heterocycles. The van der Waals surface area contributed by atoms with Crippen LogP contribution >= 0.6 is 0 Å². The van der Waals surface area contributed by atoms with Gasteiger partial charge in [0.2, 0.25) is 0 Å². The molecule has 0 saturated carbocycles. The highest BCUT2D eigenvalue weighted by molar-refractivity contribution is 6.20. The van der Waals surface area contributed by atoms with Crippen LogP contribution in [0.5, 0.6) is 0 Å². The van der Waals surface area contributed by atoms with E-state index in [-0.39, 0.29) is 0 Å². The molecule has 0 aliphatic carbocycles. The number of hydrogen-bond donors (Lipinski definition) is 0. The SMILES string of the molecule is CCc1ccc(C2=NN=C(c3ccc(CC)cc3)C2)cc1. The molecule has 1 aliphatic heterocycles. The Labute approximate surface area is 126 Å². The van der Waals surface area contributed by atoms with Crippen LogP contribution in [-0.4, -0.2) is 11.4 Å². The van der Waals surface area contributed by atoms with Crippen molar-refractivity contribution >= 4 is 11.4 Å². The van der Waals surface area contributed by atoms with Crippen molar-refractivity contribution in [1.29, 1.82) is 0 Å². The molecule has 0 N–H and O–H groups in total. The number of nitrogens with zero attached hydrogens (tertiary/aromatic N) is 2. The average molecular weight is 276 g/mol. The van der Waals surface area contributed by atoms with E-state index >= 15 is 0 Å². The molecule has 2 nitrogen and oxygen atoms in total. The number of rotatable bonds is 4. The van der Waals surface area contributed by atoms with Gasteiger partial charge in [-0.3, -0.25) is 0 Å². The Morgan fingerprint density at radius 1 is 0.667 bits per heavy atom. The van der Waals surface area contributed by atoms with Gasteiger partial charge in [0.15, 0.2) is 0 Å². The number of hydrogen-bond acceptors (Lipinski definition) is 2. The van der Waals surface area contributed by atoms with E-state index in [4.69, 9.17) is 0 Å². The monoisotopic (exact) mass is 276 g/mol. The molecule has 0 atom stereocenters. The number of aryl methyl sites for hydroxylation is 2. The molecule has 106 valence electrons. The van der Waals surface area contributed by atoms with Crippen LogP contribution in [0.1, 0.15) is 42.5 Å². The van der Waals surface area contributed by atoms with Crippen LogP contribution in [0, 0.1) is 0 Å². The Morgan fingerprint density at radius 3 is 1.38 bits per heavy atom. The van der Waals surface area contributed by atoms with Gasteiger partial charge in [0.1, 0.15) is 0 Å². The highest BCUT2D eigenvalue weighted by Crippen LogP contribution is 2.18. The predicted molar refractivity (Wildman–Crippen MR) is 89.3 cm³/mol. The summed E-state index contributed by atoms with van der Waals surface area (Å²) in [5.74, 6) is 0. The summed E-state index contributed by atoms with van der Waals surface area (Å²) in [5, 5.41) is 8.73. The smallest absolute Gasteiger partial charge is 0.0763 e. The van der Waals surface area contributed by atoms with Crippen LogP contribution in [0.15, 0.2) is 58.7 Å². The van der Waals surface area contributed by atoms with Crippen molar-refractivity contribution < 1.29 is 0 Å². The van der Waals surface area contributed by atoms with Gasteiger partial charge in [-0.25, -0.2) is 0 Å². The molecule has 0 bridgehead atoms. The summed E-state index contributed by atoms with van der Waals surface area (Å²) in [6, 6.07) is 17.3. The van der Waals surface area contributed by atoms with Crippen LogP contribution in [0.4, 0.5) is 0 Å². The molecule has 2 aromatic rings. The van der Waals surface area contributed by atoms with Gasteiger partial charge in [-0.2, -0.15) is 10.2 Å². The van der Waals surface area contributed by atoms with Gasteiger partial charge in [0, 0.05) is 6.42 Å². The summed E-state index contributed by atoms with van der Waals surface area (Å²) in [6.07, 6.45) is 2.95. The molecule has 0 amide bonds. The molecule has 21 heavy (non-hydrogen) atoms. The number of benzene rings is 2. The molecule has 1 aliphatic rings. The van der Waals surface area contributed by atoms with Crippen molar-refractivity contribution in [3.05, 3.63) is 70.8 Å². The molecular weight excluding hydrogens is 256 g/mol. The largest absolute Gasteiger partial charge is 0.154 e. The fourth-order valence-corrected chi connectivity index (χ4v) is 2.54. The maximum absolute atomic E-state index is 4.37. The normalized spacial score (nSPS) is 14.0. The standard InChI is InChI=1S/C19H20N2/c1-3-14-5-9-16(10-6-14)18-13-19(21-20-18)17-11-7-15(4-2)8-12-17/h5-12H,3-4,13H2,1-2H3. The van der Waals surface area contributed by atoms with Crippen molar-refractivity contribution in [2.24, 2.45) is 10.2 Å². The minimum Gasteiger partial charge on any atom is -0.154 e. The van der Waals surface area contributed by atoms with Crippen molar-refractivity contribution in [3.63, 3.8) is 0 Å². The molecule has 0 aromatic heterocycles. The van der Waals surface area contributed by atoms with E-state index in [0.29, 0.717) is 0 Å². The van der Waals surface area contributed by atoms with Crippen molar-refractivity contribution in [1.82, 2.24) is 0 Å². The molecule has 0 unspecified atom stereocenters. The highest BCUT2D eigenvalue weighted by Gasteiger charge is 2.15. The van der Waals surface area contributed by atoms with Gasteiger partial charge in [-0.15, -0.1) is 0 Å². The lowest BCUT2D eigenvalue weighted by Crippen LogP contribution is -2.05. The van der Waals surface area contributed by atoms with Gasteiger partial charge >= 0.3 is 0 Å². The van der Waals surface area contributed by atoms with E-state index in [9.17, 15) is 0 Å². The summed E-state index contributed by atoms with van der Waals surface area (Å²) < 4.78 is 0. The first-order valence-corrected chi connectivity index (χ1v) is 7.62. The Balaban J connectivity index is 1.73. The summed E-state index contributed by atoms with van der Waals surface area (Å²) >= 11 is 0. The van der Waals surface area contributed by atoms with E-state index in [2.05, 4.69) is 72.6 Å². The first-order valence-electron chi connectivity index (χ1n) is 7.62. The summed E-state index contributed by atoms with van der Waals surface area (Å²) in [6.45, 7) is 4.34. The Morgan fingerprint density at radius 2 is 1.05 bits per heavy atom. The zero-order chi connectivity index (χ0) is 14.7. The maximum atomic E-state index is 4.37. The van der Waals surface area contributed by atoms with E-state index < -0.39 is 0 Å². The Bertz CT molecular complexity index is 615. The second-order valence-electron chi connectivity index (χ2n) is 5.37. The molecule has 0 radical (unpaired) electrons. The third-order valence-corrected chi connectivity index (χ3v) is 4.02. The van der Waals surface area contributed by atoms with E-state index in [1.807, 2.05) is 0 Å². The fourth-order valence-electron chi connectivity index (χ4n) is 2.54. The minimum atomic E-state index is 0.816. The lowest BCUT2D eigenvalue weighted by Gasteiger charge is -2.04. The van der Waals surface area contributed by atoms with Crippen LogP contribution < -0.4 is 0 Å². The second-order valence-corrected chi connectivity index (χ2v) is 5.37. The van der Waals surface area contributed by atoms with Gasteiger partial charge < -0.3 is 0 Å². The Hall–Kier alpha value is -2.22. The zero-order valence-electron chi connectivity index (χ0n) is 12.6. The molecular formula is C19H20N2. The van der Waals surface area contributed by atoms with Crippen molar-refractivity contribution in [3.8, 4) is 0 Å². The van der Waals surface area contributed by atoms with Crippen LogP contribution in [0.2, 0.25) is 0 Å². The summed E-state index contributed by atoms with van der Waals surface area (Å²) in [4.78, 5) is 0. The van der Waals surface area contributed by atoms with Crippen molar-refractivity contribution in [2.45, 2.75) is 33.1 Å². The second kappa shape index (κ2) is 6.04. The summed E-state index contributed by atoms with van der Waals surface area (Å²) in [7, 11) is 0. The minimum absolute atomic E-state index is 0.816. The van der Waals surface area contributed by atoms with Crippen LogP contribution in [0.25, 0.3) is 0 Å². The quantitative estimate of drug-likeness (QED) is 0.790. The first kappa shape index (κ1) is 13.7. The maximum Gasteiger partial charge on any atom is 0.0763 e. The predicted octanol–water partition coefficient (Wildman–Crippen LogP) is 4.41. The average Bonchev–Trinajstić information content (AvgIpc) is 3.05. The van der Waals surface area contributed by atoms with Gasteiger partial charge in [0.25, 0.3) is 0 Å². The molecule has 0 saturated heterocycles. The third-order valence-electron chi connectivity index (χ3n) is 4.02. The van der Waals surface area contributed by atoms with Crippen LogP contribution in [-0.2, 0) is 12.8 Å². The molecule has 3 rings (SSSR count). The topological polar surface area (TPSA) is 24.7 Å². The lowest BCUT2D eigenvalue weighted by atomic mass is 9.99. The van der Waals surface area contributed by atoms with E-state index in [1.165, 1.54) is 22.3 Å². The Kier molecular flexibility index (Phi) is 3.96. The summed E-state index contributed by atoms with van der Waals surface area (Å²) in [5.41, 5.74) is 7.19. The van der Waals surface area contributed by atoms with Gasteiger partial charge in [0.05, 0.1) is 11.4 Å². The lowest BCUT2D eigenvalue weighted by molar-refractivity contribution is 1.14. The van der Waals surface area contributed by atoms with Crippen LogP contribution in [0.3, 0.4) is 0 Å². The highest BCUT2D eigenvalue weighted by atomic mass is 15.2. The van der Waals surface area contributed by atoms with E-state index in [1.54, 1.807) is 0 Å². The third kappa shape index (κ3) is 2.94. The van der Waals surface area contributed by atoms with E-state index in [0.717, 1.165) is 30.7 Å². The molecule has 2 heteroatoms. The fraction of sp³-hybridized carbons (Fsp3) is 0.263. The first-order chi connectivity index (χ1) is 10.3. The molecule has 0 fully saturated rings.